The largest absolute Gasteiger partial charge is 0.394 e. The van der Waals surface area contributed by atoms with Crippen LogP contribution in [-0.4, -0.2) is 32.7 Å². The lowest BCUT2D eigenvalue weighted by atomic mass is 10.2. The van der Waals surface area contributed by atoms with Crippen LogP contribution >= 0.6 is 11.6 Å². The van der Waals surface area contributed by atoms with Crippen LogP contribution in [0.15, 0.2) is 54.9 Å². The third-order valence-corrected chi connectivity index (χ3v) is 3.97. The molecule has 3 aromatic rings. The van der Waals surface area contributed by atoms with Gasteiger partial charge in [-0.2, -0.15) is 4.98 Å². The predicted molar refractivity (Wildman–Crippen MR) is 104 cm³/mol. The lowest BCUT2D eigenvalue weighted by molar-refractivity contribution is 0.281. The van der Waals surface area contributed by atoms with E-state index in [2.05, 4.69) is 25.6 Å². The van der Waals surface area contributed by atoms with Crippen molar-refractivity contribution >= 4 is 23.4 Å². The Labute approximate surface area is 157 Å². The second kappa shape index (κ2) is 8.60. The molecule has 0 radical (unpaired) electrons. The average molecular weight is 370 g/mol. The van der Waals surface area contributed by atoms with Gasteiger partial charge in [-0.15, -0.1) is 0 Å². The molecule has 0 spiro atoms. The van der Waals surface area contributed by atoms with Gasteiger partial charge in [-0.1, -0.05) is 23.7 Å². The Morgan fingerprint density at radius 3 is 2.65 bits per heavy atom. The van der Waals surface area contributed by atoms with E-state index in [1.165, 1.54) is 0 Å². The Balaban J connectivity index is 1.85. The van der Waals surface area contributed by atoms with Crippen molar-refractivity contribution in [1.82, 2.24) is 15.0 Å². The maximum absolute atomic E-state index is 9.27. The molecule has 0 fully saturated rings. The fourth-order valence-electron chi connectivity index (χ4n) is 2.33. The molecule has 26 heavy (non-hydrogen) atoms. The van der Waals surface area contributed by atoms with Gasteiger partial charge in [0.05, 0.1) is 12.3 Å². The van der Waals surface area contributed by atoms with E-state index >= 15 is 0 Å². The second-order valence-electron chi connectivity index (χ2n) is 5.91. The average Bonchev–Trinajstić information content (AvgIpc) is 2.68. The molecule has 0 aliphatic heterocycles. The molecule has 7 heteroatoms. The molecular weight excluding hydrogens is 350 g/mol. The summed E-state index contributed by atoms with van der Waals surface area (Å²) in [6.07, 6.45) is 3.47. The van der Waals surface area contributed by atoms with Gasteiger partial charge in [0.25, 0.3) is 0 Å². The van der Waals surface area contributed by atoms with Gasteiger partial charge in [-0.3, -0.25) is 4.98 Å². The molecule has 1 atom stereocenters. The first-order chi connectivity index (χ1) is 12.6. The first-order valence-electron chi connectivity index (χ1n) is 8.29. The molecule has 1 aromatic carbocycles. The first-order valence-corrected chi connectivity index (χ1v) is 8.67. The van der Waals surface area contributed by atoms with Crippen LogP contribution in [0.1, 0.15) is 12.5 Å². The minimum Gasteiger partial charge on any atom is -0.394 e. The Kier molecular flexibility index (Phi) is 5.99. The molecule has 3 N–H and O–H groups in total. The van der Waals surface area contributed by atoms with Gasteiger partial charge < -0.3 is 15.7 Å². The lowest BCUT2D eigenvalue weighted by Crippen LogP contribution is -2.21. The molecule has 0 bridgehead atoms. The summed E-state index contributed by atoms with van der Waals surface area (Å²) in [5.41, 5.74) is 2.73. The molecule has 0 unspecified atom stereocenters. The zero-order valence-corrected chi connectivity index (χ0v) is 15.1. The summed E-state index contributed by atoms with van der Waals surface area (Å²) < 4.78 is 0. The van der Waals surface area contributed by atoms with E-state index in [0.717, 1.165) is 16.8 Å². The molecule has 134 valence electrons. The van der Waals surface area contributed by atoms with E-state index in [9.17, 15) is 5.11 Å². The molecule has 2 aromatic heterocycles. The van der Waals surface area contributed by atoms with Gasteiger partial charge in [0, 0.05) is 41.6 Å². The van der Waals surface area contributed by atoms with Gasteiger partial charge >= 0.3 is 0 Å². The van der Waals surface area contributed by atoms with Crippen LogP contribution in [0.4, 0.5) is 11.8 Å². The Morgan fingerprint density at radius 2 is 1.96 bits per heavy atom. The highest BCUT2D eigenvalue weighted by molar-refractivity contribution is 6.30. The van der Waals surface area contributed by atoms with E-state index in [4.69, 9.17) is 11.6 Å². The quantitative estimate of drug-likeness (QED) is 0.590. The zero-order chi connectivity index (χ0) is 18.4. The number of anilines is 2. The summed E-state index contributed by atoms with van der Waals surface area (Å²) in [4.78, 5) is 13.2. The maximum atomic E-state index is 9.27. The summed E-state index contributed by atoms with van der Waals surface area (Å²) in [5.74, 6) is 1.13. The van der Waals surface area contributed by atoms with Crippen LogP contribution < -0.4 is 10.6 Å². The van der Waals surface area contributed by atoms with E-state index in [1.807, 2.05) is 49.4 Å². The summed E-state index contributed by atoms with van der Waals surface area (Å²) in [6.45, 7) is 2.46. The molecule has 6 nitrogen and oxygen atoms in total. The van der Waals surface area contributed by atoms with Gasteiger partial charge in [0.2, 0.25) is 5.95 Å². The van der Waals surface area contributed by atoms with Crippen LogP contribution in [0.2, 0.25) is 5.02 Å². The van der Waals surface area contributed by atoms with Crippen LogP contribution in [-0.2, 0) is 6.54 Å². The first kappa shape index (κ1) is 18.1. The van der Waals surface area contributed by atoms with Crippen molar-refractivity contribution in [3.8, 4) is 11.3 Å². The highest BCUT2D eigenvalue weighted by atomic mass is 35.5. The molecule has 3 rings (SSSR count). The summed E-state index contributed by atoms with van der Waals surface area (Å²) >= 11 is 5.92. The van der Waals surface area contributed by atoms with E-state index in [-0.39, 0.29) is 12.6 Å². The lowest BCUT2D eigenvalue weighted by Gasteiger charge is -2.14. The number of rotatable bonds is 7. The van der Waals surface area contributed by atoms with Crippen molar-refractivity contribution in [2.45, 2.75) is 19.5 Å². The number of aliphatic hydroxyl groups is 1. The molecule has 0 amide bonds. The molecule has 0 aliphatic carbocycles. The van der Waals surface area contributed by atoms with Gasteiger partial charge in [-0.05, 0) is 36.8 Å². The highest BCUT2D eigenvalue weighted by Gasteiger charge is 2.09. The summed E-state index contributed by atoms with van der Waals surface area (Å²) in [7, 11) is 0. The number of nitrogens with zero attached hydrogens (tertiary/aromatic N) is 3. The van der Waals surface area contributed by atoms with E-state index in [0.29, 0.717) is 23.3 Å². The SMILES string of the molecule is C[C@H](CO)Nc1nc(NCc2ccc(Cl)cc2)cc(-c2cccnc2)n1. The number of aromatic nitrogens is 3. The molecule has 0 aliphatic rings. The number of hydrogen-bond acceptors (Lipinski definition) is 6. The van der Waals surface area contributed by atoms with E-state index in [1.54, 1.807) is 12.4 Å². The third kappa shape index (κ3) is 4.91. The molecule has 2 heterocycles. The van der Waals surface area contributed by atoms with Crippen LogP contribution in [0.5, 0.6) is 0 Å². The standard InChI is InChI=1S/C19H20ClN5O/c1-13(12-26)23-19-24-17(15-3-2-8-21-11-15)9-18(25-19)22-10-14-4-6-16(20)7-5-14/h2-9,11,13,26H,10,12H2,1H3,(H2,22,23,24,25)/t13-/m1/s1. The second-order valence-corrected chi connectivity index (χ2v) is 6.35. The number of pyridine rings is 1. The zero-order valence-electron chi connectivity index (χ0n) is 14.4. The fourth-order valence-corrected chi connectivity index (χ4v) is 2.45. The smallest absolute Gasteiger partial charge is 0.225 e. The Morgan fingerprint density at radius 1 is 1.15 bits per heavy atom. The topological polar surface area (TPSA) is 83.0 Å². The summed E-state index contributed by atoms with van der Waals surface area (Å²) in [5, 5.41) is 16.4. The minimum absolute atomic E-state index is 0.00594. The van der Waals surface area contributed by atoms with Gasteiger partial charge in [0.1, 0.15) is 5.82 Å². The minimum atomic E-state index is -0.150. The normalized spacial score (nSPS) is 11.8. The Hall–Kier alpha value is -2.70. The molecule has 0 saturated heterocycles. The van der Waals surface area contributed by atoms with Crippen molar-refractivity contribution in [3.05, 3.63) is 65.4 Å². The fraction of sp³-hybridized carbons (Fsp3) is 0.211. The van der Waals surface area contributed by atoms with Crippen molar-refractivity contribution < 1.29 is 5.11 Å². The van der Waals surface area contributed by atoms with Crippen molar-refractivity contribution in [1.29, 1.82) is 0 Å². The summed E-state index contributed by atoms with van der Waals surface area (Å²) in [6, 6.07) is 13.2. The van der Waals surface area contributed by atoms with Crippen LogP contribution in [0.3, 0.4) is 0 Å². The van der Waals surface area contributed by atoms with Crippen molar-refractivity contribution in [3.63, 3.8) is 0 Å². The molecule has 0 saturated carbocycles. The van der Waals surface area contributed by atoms with Gasteiger partial charge in [0.15, 0.2) is 0 Å². The monoisotopic (exact) mass is 369 g/mol. The predicted octanol–water partition coefficient (Wildman–Crippen LogP) is 3.60. The number of hydrogen-bond donors (Lipinski definition) is 3. The van der Waals surface area contributed by atoms with Crippen molar-refractivity contribution in [2.24, 2.45) is 0 Å². The number of benzene rings is 1. The number of nitrogens with one attached hydrogen (secondary N) is 2. The number of aliphatic hydroxyl groups excluding tert-OH is 1. The third-order valence-electron chi connectivity index (χ3n) is 3.72. The van der Waals surface area contributed by atoms with Crippen molar-refractivity contribution in [2.75, 3.05) is 17.2 Å². The van der Waals surface area contributed by atoms with Crippen LogP contribution in [0, 0.1) is 0 Å². The number of halogens is 1. The molecular formula is C19H20ClN5O. The highest BCUT2D eigenvalue weighted by Crippen LogP contribution is 2.21. The van der Waals surface area contributed by atoms with Crippen LogP contribution in [0.25, 0.3) is 11.3 Å². The Bertz CT molecular complexity index is 842. The maximum Gasteiger partial charge on any atom is 0.225 e. The van der Waals surface area contributed by atoms with E-state index < -0.39 is 0 Å². The van der Waals surface area contributed by atoms with Gasteiger partial charge in [-0.25, -0.2) is 4.98 Å².